The Hall–Kier alpha value is -2.07. The summed E-state index contributed by atoms with van der Waals surface area (Å²) < 4.78 is 5.55. The first kappa shape index (κ1) is 14.3. The van der Waals surface area contributed by atoms with Crippen molar-refractivity contribution in [1.82, 2.24) is 4.98 Å². The van der Waals surface area contributed by atoms with Crippen LogP contribution in [0.1, 0.15) is 27.2 Å². The summed E-state index contributed by atoms with van der Waals surface area (Å²) in [6.45, 7) is 3.69. The Bertz CT molecular complexity index is 656. The molecule has 0 bridgehead atoms. The molecule has 20 heavy (non-hydrogen) atoms. The summed E-state index contributed by atoms with van der Waals surface area (Å²) >= 11 is 6.04. The second-order valence-corrected chi connectivity index (χ2v) is 4.85. The maximum Gasteiger partial charge on any atom is 0.341 e. The molecule has 0 fully saturated rings. The third-order valence-corrected chi connectivity index (χ3v) is 3.22. The number of hydrogen-bond donors (Lipinski definition) is 1. The van der Waals surface area contributed by atoms with Gasteiger partial charge in [-0.2, -0.15) is 0 Å². The number of carboxylic acid groups (broad SMARTS) is 1. The van der Waals surface area contributed by atoms with Gasteiger partial charge in [-0.25, -0.2) is 9.78 Å². The molecule has 0 spiro atoms. The van der Waals surface area contributed by atoms with E-state index in [4.69, 9.17) is 16.3 Å². The summed E-state index contributed by atoms with van der Waals surface area (Å²) in [4.78, 5) is 15.4. The van der Waals surface area contributed by atoms with Gasteiger partial charge in [0, 0.05) is 16.3 Å². The van der Waals surface area contributed by atoms with Crippen LogP contribution in [0.2, 0.25) is 5.02 Å². The predicted octanol–water partition coefficient (Wildman–Crippen LogP) is 3.63. The summed E-state index contributed by atoms with van der Waals surface area (Å²) in [5, 5.41) is 9.82. The SMILES string of the molecule is Cc1cc(C)c(C(=O)O)c(OCc2ccccc2Cl)n1. The first-order valence-electron chi connectivity index (χ1n) is 6.06. The Balaban J connectivity index is 2.30. The first-order valence-corrected chi connectivity index (χ1v) is 6.44. The lowest BCUT2D eigenvalue weighted by Gasteiger charge is -2.11. The number of pyridine rings is 1. The van der Waals surface area contributed by atoms with Crippen molar-refractivity contribution >= 4 is 17.6 Å². The van der Waals surface area contributed by atoms with Gasteiger partial charge in [0.05, 0.1) is 0 Å². The van der Waals surface area contributed by atoms with Crippen LogP contribution in [0.3, 0.4) is 0 Å². The number of benzene rings is 1. The van der Waals surface area contributed by atoms with Gasteiger partial charge < -0.3 is 9.84 Å². The smallest absolute Gasteiger partial charge is 0.341 e. The monoisotopic (exact) mass is 291 g/mol. The standard InChI is InChI=1S/C15H14ClNO3/c1-9-7-10(2)17-14(13(9)15(18)19)20-8-11-5-3-4-6-12(11)16/h3-7H,8H2,1-2H3,(H,18,19). The molecule has 1 aromatic heterocycles. The van der Waals surface area contributed by atoms with Gasteiger partial charge in [0.1, 0.15) is 12.2 Å². The minimum Gasteiger partial charge on any atom is -0.477 e. The molecule has 1 N–H and O–H groups in total. The molecule has 0 radical (unpaired) electrons. The van der Waals surface area contributed by atoms with Crippen molar-refractivity contribution in [3.8, 4) is 5.88 Å². The number of aromatic carboxylic acids is 1. The molecule has 0 aliphatic carbocycles. The van der Waals surface area contributed by atoms with E-state index < -0.39 is 5.97 Å². The molecular weight excluding hydrogens is 278 g/mol. The van der Waals surface area contributed by atoms with Crippen molar-refractivity contribution in [3.63, 3.8) is 0 Å². The Kier molecular flexibility index (Phi) is 4.25. The van der Waals surface area contributed by atoms with Crippen LogP contribution < -0.4 is 4.74 Å². The molecule has 0 aliphatic heterocycles. The van der Waals surface area contributed by atoms with E-state index in [0.29, 0.717) is 16.3 Å². The molecule has 0 atom stereocenters. The van der Waals surface area contributed by atoms with Crippen molar-refractivity contribution in [2.75, 3.05) is 0 Å². The van der Waals surface area contributed by atoms with Crippen LogP contribution in [0.5, 0.6) is 5.88 Å². The Labute approximate surface area is 122 Å². The maximum atomic E-state index is 11.3. The highest BCUT2D eigenvalue weighted by Crippen LogP contribution is 2.23. The maximum absolute atomic E-state index is 11.3. The van der Waals surface area contributed by atoms with E-state index >= 15 is 0 Å². The van der Waals surface area contributed by atoms with Crippen LogP contribution in [-0.4, -0.2) is 16.1 Å². The second-order valence-electron chi connectivity index (χ2n) is 4.45. The lowest BCUT2D eigenvalue weighted by molar-refractivity contribution is 0.0689. The van der Waals surface area contributed by atoms with Crippen molar-refractivity contribution in [1.29, 1.82) is 0 Å². The minimum absolute atomic E-state index is 0.0858. The molecule has 2 aromatic rings. The van der Waals surface area contributed by atoms with E-state index in [1.165, 1.54) is 0 Å². The zero-order valence-corrected chi connectivity index (χ0v) is 11.9. The average molecular weight is 292 g/mol. The van der Waals surface area contributed by atoms with Gasteiger partial charge in [-0.05, 0) is 31.5 Å². The molecule has 0 unspecified atom stereocenters. The molecule has 0 amide bonds. The van der Waals surface area contributed by atoms with Gasteiger partial charge in [-0.15, -0.1) is 0 Å². The topological polar surface area (TPSA) is 59.4 Å². The fourth-order valence-corrected chi connectivity index (χ4v) is 2.12. The lowest BCUT2D eigenvalue weighted by atomic mass is 10.1. The Morgan fingerprint density at radius 2 is 2.05 bits per heavy atom. The highest BCUT2D eigenvalue weighted by molar-refractivity contribution is 6.31. The molecule has 0 saturated carbocycles. The first-order chi connectivity index (χ1) is 9.49. The highest BCUT2D eigenvalue weighted by atomic mass is 35.5. The average Bonchev–Trinajstić information content (AvgIpc) is 2.36. The zero-order valence-electron chi connectivity index (χ0n) is 11.2. The predicted molar refractivity (Wildman–Crippen MR) is 76.5 cm³/mol. The second kappa shape index (κ2) is 5.92. The number of aromatic nitrogens is 1. The van der Waals surface area contributed by atoms with Crippen LogP contribution >= 0.6 is 11.6 Å². The summed E-state index contributed by atoms with van der Waals surface area (Å²) in [5.74, 6) is -0.931. The lowest BCUT2D eigenvalue weighted by Crippen LogP contribution is -2.08. The third kappa shape index (κ3) is 3.08. The van der Waals surface area contributed by atoms with E-state index in [2.05, 4.69) is 4.98 Å². The van der Waals surface area contributed by atoms with Crippen LogP contribution in [-0.2, 0) is 6.61 Å². The molecule has 104 valence electrons. The van der Waals surface area contributed by atoms with Crippen molar-refractivity contribution in [2.45, 2.75) is 20.5 Å². The molecule has 1 aromatic carbocycles. The number of rotatable bonds is 4. The number of aryl methyl sites for hydroxylation is 2. The summed E-state index contributed by atoms with van der Waals surface area (Å²) in [6.07, 6.45) is 0. The van der Waals surface area contributed by atoms with E-state index in [1.807, 2.05) is 18.2 Å². The number of halogens is 1. The molecule has 2 rings (SSSR count). The number of ether oxygens (including phenoxy) is 1. The largest absolute Gasteiger partial charge is 0.477 e. The summed E-state index contributed by atoms with van der Waals surface area (Å²) in [6, 6.07) is 8.96. The van der Waals surface area contributed by atoms with Crippen molar-refractivity contribution < 1.29 is 14.6 Å². The molecule has 5 heteroatoms. The fourth-order valence-electron chi connectivity index (χ4n) is 1.93. The van der Waals surface area contributed by atoms with Crippen molar-refractivity contribution in [2.24, 2.45) is 0 Å². The van der Waals surface area contributed by atoms with Crippen LogP contribution in [0.25, 0.3) is 0 Å². The molecule has 4 nitrogen and oxygen atoms in total. The van der Waals surface area contributed by atoms with Crippen LogP contribution in [0.15, 0.2) is 30.3 Å². The molecular formula is C15H14ClNO3. The van der Waals surface area contributed by atoms with E-state index in [9.17, 15) is 9.90 Å². The fraction of sp³-hybridized carbons (Fsp3) is 0.200. The van der Waals surface area contributed by atoms with Gasteiger partial charge >= 0.3 is 5.97 Å². The number of hydrogen-bond acceptors (Lipinski definition) is 3. The number of nitrogens with zero attached hydrogens (tertiary/aromatic N) is 1. The van der Waals surface area contributed by atoms with E-state index in [0.717, 1.165) is 5.56 Å². The van der Waals surface area contributed by atoms with Crippen molar-refractivity contribution in [3.05, 3.63) is 57.7 Å². The molecule has 0 aliphatic rings. The van der Waals surface area contributed by atoms with Gasteiger partial charge in [0.25, 0.3) is 0 Å². The van der Waals surface area contributed by atoms with E-state index in [-0.39, 0.29) is 18.1 Å². The highest BCUT2D eigenvalue weighted by Gasteiger charge is 2.17. The summed E-state index contributed by atoms with van der Waals surface area (Å²) in [5.41, 5.74) is 2.20. The zero-order chi connectivity index (χ0) is 14.7. The van der Waals surface area contributed by atoms with Gasteiger partial charge in [-0.3, -0.25) is 0 Å². The van der Waals surface area contributed by atoms with Gasteiger partial charge in [0.15, 0.2) is 0 Å². The van der Waals surface area contributed by atoms with Crippen LogP contribution in [0, 0.1) is 13.8 Å². The minimum atomic E-state index is -1.05. The van der Waals surface area contributed by atoms with Gasteiger partial charge in [-0.1, -0.05) is 29.8 Å². The van der Waals surface area contributed by atoms with Crippen LogP contribution in [0.4, 0.5) is 0 Å². The Morgan fingerprint density at radius 1 is 1.35 bits per heavy atom. The van der Waals surface area contributed by atoms with Gasteiger partial charge in [0.2, 0.25) is 5.88 Å². The molecule has 0 saturated heterocycles. The normalized spacial score (nSPS) is 10.3. The van der Waals surface area contributed by atoms with E-state index in [1.54, 1.807) is 26.0 Å². The Morgan fingerprint density at radius 3 is 2.70 bits per heavy atom. The number of carboxylic acids is 1. The third-order valence-electron chi connectivity index (χ3n) is 2.85. The quantitative estimate of drug-likeness (QED) is 0.934. The molecule has 1 heterocycles. The number of carbonyl (C=O) groups is 1. The summed E-state index contributed by atoms with van der Waals surface area (Å²) in [7, 11) is 0.